The first-order valence-electron chi connectivity index (χ1n) is 7.03. The lowest BCUT2D eigenvalue weighted by atomic mass is 9.98. The van der Waals surface area contributed by atoms with Crippen molar-refractivity contribution >= 4 is 22.8 Å². The minimum absolute atomic E-state index is 0.188. The number of aliphatic carboxylic acids is 1. The number of piperidine rings is 1. The number of fused-ring (bicyclic) bond motifs is 1. The Kier molecular flexibility index (Phi) is 3.56. The van der Waals surface area contributed by atoms with Crippen molar-refractivity contribution in [3.05, 3.63) is 42.1 Å². The zero-order valence-electron chi connectivity index (χ0n) is 11.5. The molecule has 0 bridgehead atoms. The summed E-state index contributed by atoms with van der Waals surface area (Å²) in [5.41, 5.74) is 1.15. The smallest absolute Gasteiger partial charge is 0.308 e. The zero-order chi connectivity index (χ0) is 14.8. The summed E-state index contributed by atoms with van der Waals surface area (Å²) in [6.45, 7) is 0.861. The van der Waals surface area contributed by atoms with Gasteiger partial charge in [0.15, 0.2) is 0 Å². The number of hydrogen-bond acceptors (Lipinski definition) is 3. The predicted molar refractivity (Wildman–Crippen MR) is 78.0 cm³/mol. The van der Waals surface area contributed by atoms with Gasteiger partial charge in [-0.15, -0.1) is 0 Å². The fourth-order valence-corrected chi connectivity index (χ4v) is 2.71. The van der Waals surface area contributed by atoms with Crippen LogP contribution < -0.4 is 0 Å². The van der Waals surface area contributed by atoms with Gasteiger partial charge in [0.1, 0.15) is 5.69 Å². The van der Waals surface area contributed by atoms with Crippen LogP contribution >= 0.6 is 0 Å². The molecule has 3 rings (SSSR count). The molecule has 0 radical (unpaired) electrons. The van der Waals surface area contributed by atoms with E-state index in [9.17, 15) is 9.59 Å². The van der Waals surface area contributed by atoms with Crippen LogP contribution in [0.1, 0.15) is 23.3 Å². The lowest BCUT2D eigenvalue weighted by Gasteiger charge is -2.30. The number of hydrogen-bond donors (Lipinski definition) is 1. The fourth-order valence-electron chi connectivity index (χ4n) is 2.71. The van der Waals surface area contributed by atoms with E-state index in [0.717, 1.165) is 17.3 Å². The van der Waals surface area contributed by atoms with Crippen LogP contribution in [0.25, 0.3) is 10.9 Å². The molecule has 0 unspecified atom stereocenters. The van der Waals surface area contributed by atoms with Crippen LogP contribution in [0.3, 0.4) is 0 Å². The van der Waals surface area contributed by atoms with Crippen molar-refractivity contribution in [2.45, 2.75) is 12.8 Å². The molecule has 1 amide bonds. The Morgan fingerprint density at radius 3 is 2.81 bits per heavy atom. The maximum atomic E-state index is 12.5. The molecule has 1 fully saturated rings. The van der Waals surface area contributed by atoms with E-state index in [1.54, 1.807) is 11.0 Å². The van der Waals surface area contributed by atoms with Gasteiger partial charge in [-0.25, -0.2) is 4.98 Å². The highest BCUT2D eigenvalue weighted by Gasteiger charge is 2.29. The van der Waals surface area contributed by atoms with E-state index in [1.165, 1.54) is 0 Å². The molecule has 0 aliphatic carbocycles. The molecule has 1 aromatic carbocycles. The second kappa shape index (κ2) is 5.52. The van der Waals surface area contributed by atoms with Crippen molar-refractivity contribution < 1.29 is 14.7 Å². The van der Waals surface area contributed by atoms with Crippen molar-refractivity contribution in [2.75, 3.05) is 13.1 Å². The van der Waals surface area contributed by atoms with Gasteiger partial charge in [-0.1, -0.05) is 24.3 Å². The van der Waals surface area contributed by atoms with E-state index in [2.05, 4.69) is 4.98 Å². The van der Waals surface area contributed by atoms with E-state index in [1.807, 2.05) is 30.3 Å². The highest BCUT2D eigenvalue weighted by molar-refractivity contribution is 5.95. The Morgan fingerprint density at radius 2 is 2.00 bits per heavy atom. The number of carboxylic acid groups (broad SMARTS) is 1. The van der Waals surface area contributed by atoms with Crippen molar-refractivity contribution in [1.82, 2.24) is 9.88 Å². The van der Waals surface area contributed by atoms with Gasteiger partial charge in [0, 0.05) is 18.5 Å². The van der Waals surface area contributed by atoms with Gasteiger partial charge in [-0.2, -0.15) is 0 Å². The number of carbonyl (C=O) groups is 2. The summed E-state index contributed by atoms with van der Waals surface area (Å²) in [5.74, 6) is -1.49. The standard InChI is InChI=1S/C16H16N2O3/c19-15(18-9-3-5-12(10-18)16(20)21)14-8-7-11-4-1-2-6-13(11)17-14/h1-2,4,6-8,12H,3,5,9-10H2,(H,20,21)/t12-/m0/s1. The first kappa shape index (κ1) is 13.5. The van der Waals surface area contributed by atoms with E-state index >= 15 is 0 Å². The third-order valence-corrected chi connectivity index (χ3v) is 3.88. The number of nitrogens with zero attached hydrogens (tertiary/aromatic N) is 2. The van der Waals surface area contributed by atoms with Gasteiger partial charge in [-0.05, 0) is 25.0 Å². The number of pyridine rings is 1. The van der Waals surface area contributed by atoms with Crippen molar-refractivity contribution in [3.8, 4) is 0 Å². The lowest BCUT2D eigenvalue weighted by molar-refractivity contribution is -0.143. The first-order chi connectivity index (χ1) is 10.1. The highest BCUT2D eigenvalue weighted by Crippen LogP contribution is 2.19. The van der Waals surface area contributed by atoms with Gasteiger partial charge in [0.2, 0.25) is 0 Å². The highest BCUT2D eigenvalue weighted by atomic mass is 16.4. The van der Waals surface area contributed by atoms with Crippen LogP contribution in [0.4, 0.5) is 0 Å². The Hall–Kier alpha value is -2.43. The Balaban J connectivity index is 1.84. The van der Waals surface area contributed by atoms with Gasteiger partial charge in [0.05, 0.1) is 11.4 Å². The quantitative estimate of drug-likeness (QED) is 0.917. The molecule has 2 heterocycles. The summed E-state index contributed by atoms with van der Waals surface area (Å²) in [4.78, 5) is 29.5. The van der Waals surface area contributed by atoms with Crippen LogP contribution in [-0.2, 0) is 4.79 Å². The SMILES string of the molecule is O=C(O)[C@H]1CCCN(C(=O)c2ccc3ccccc3n2)C1. The van der Waals surface area contributed by atoms with E-state index < -0.39 is 11.9 Å². The summed E-state index contributed by atoms with van der Waals surface area (Å²) in [5, 5.41) is 10.1. The Labute approximate surface area is 122 Å². The summed E-state index contributed by atoms with van der Waals surface area (Å²) in [6.07, 6.45) is 1.35. The van der Waals surface area contributed by atoms with Gasteiger partial charge >= 0.3 is 5.97 Å². The Morgan fingerprint density at radius 1 is 1.19 bits per heavy atom. The number of carboxylic acids is 1. The second-order valence-corrected chi connectivity index (χ2v) is 5.32. The van der Waals surface area contributed by atoms with Crippen LogP contribution in [0.15, 0.2) is 36.4 Å². The molecule has 1 N–H and O–H groups in total. The van der Waals surface area contributed by atoms with Crippen molar-refractivity contribution in [1.29, 1.82) is 0 Å². The summed E-state index contributed by atoms with van der Waals surface area (Å²) in [7, 11) is 0. The molecule has 1 aliphatic rings. The molecule has 108 valence electrons. The van der Waals surface area contributed by atoms with Gasteiger partial charge in [0.25, 0.3) is 5.91 Å². The zero-order valence-corrected chi connectivity index (χ0v) is 11.5. The third kappa shape index (κ3) is 2.72. The van der Waals surface area contributed by atoms with Crippen LogP contribution in [0.5, 0.6) is 0 Å². The summed E-state index contributed by atoms with van der Waals surface area (Å²) >= 11 is 0. The number of amides is 1. The van der Waals surface area contributed by atoms with Crippen LogP contribution in [-0.4, -0.2) is 40.0 Å². The molecular weight excluding hydrogens is 268 g/mol. The number of para-hydroxylation sites is 1. The molecule has 0 saturated carbocycles. The Bertz CT molecular complexity index is 699. The van der Waals surface area contributed by atoms with Crippen LogP contribution in [0.2, 0.25) is 0 Å². The number of carbonyl (C=O) groups excluding carboxylic acids is 1. The fraction of sp³-hybridized carbons (Fsp3) is 0.312. The maximum Gasteiger partial charge on any atom is 0.308 e. The lowest BCUT2D eigenvalue weighted by Crippen LogP contribution is -2.42. The molecule has 1 atom stereocenters. The molecule has 5 heteroatoms. The average molecular weight is 284 g/mol. The minimum Gasteiger partial charge on any atom is -0.481 e. The molecule has 1 aromatic heterocycles. The van der Waals surface area contributed by atoms with Crippen LogP contribution in [0, 0.1) is 5.92 Å². The topological polar surface area (TPSA) is 70.5 Å². The minimum atomic E-state index is -0.834. The summed E-state index contributed by atoms with van der Waals surface area (Å²) in [6, 6.07) is 11.2. The molecule has 5 nitrogen and oxygen atoms in total. The first-order valence-corrected chi connectivity index (χ1v) is 7.03. The number of likely N-dealkylation sites (tertiary alicyclic amines) is 1. The molecular formula is C16H16N2O3. The summed E-state index contributed by atoms with van der Waals surface area (Å²) < 4.78 is 0. The average Bonchev–Trinajstić information content (AvgIpc) is 2.53. The van der Waals surface area contributed by atoms with Crippen molar-refractivity contribution in [2.24, 2.45) is 5.92 Å². The maximum absolute atomic E-state index is 12.5. The molecule has 2 aromatic rings. The van der Waals surface area contributed by atoms with Gasteiger partial charge < -0.3 is 10.0 Å². The second-order valence-electron chi connectivity index (χ2n) is 5.32. The molecule has 0 spiro atoms. The normalized spacial score (nSPS) is 18.7. The number of aromatic nitrogens is 1. The monoisotopic (exact) mass is 284 g/mol. The third-order valence-electron chi connectivity index (χ3n) is 3.88. The molecule has 1 saturated heterocycles. The van der Waals surface area contributed by atoms with Gasteiger partial charge in [-0.3, -0.25) is 9.59 Å². The predicted octanol–water partition coefficient (Wildman–Crippen LogP) is 2.17. The van der Waals surface area contributed by atoms with E-state index in [4.69, 9.17) is 5.11 Å². The van der Waals surface area contributed by atoms with Crippen molar-refractivity contribution in [3.63, 3.8) is 0 Å². The van der Waals surface area contributed by atoms with E-state index in [0.29, 0.717) is 18.7 Å². The van der Waals surface area contributed by atoms with E-state index in [-0.39, 0.29) is 12.5 Å². The molecule has 21 heavy (non-hydrogen) atoms. The molecule has 1 aliphatic heterocycles. The number of benzene rings is 1. The largest absolute Gasteiger partial charge is 0.481 e. The number of rotatable bonds is 2.